The van der Waals surface area contributed by atoms with Gasteiger partial charge in [0.2, 0.25) is 5.78 Å². The molecule has 3 heterocycles. The Morgan fingerprint density at radius 2 is 1.88 bits per heavy atom. The minimum Gasteiger partial charge on any atom is -0.396 e. The van der Waals surface area contributed by atoms with E-state index in [1.54, 1.807) is 11.4 Å². The number of hydrogen-bond acceptors (Lipinski definition) is 4. The number of benzene rings is 1. The van der Waals surface area contributed by atoms with Crippen LogP contribution in [0.15, 0.2) is 46.1 Å². The van der Waals surface area contributed by atoms with Crippen LogP contribution in [0.2, 0.25) is 0 Å². The second-order valence-corrected chi connectivity index (χ2v) is 6.27. The van der Waals surface area contributed by atoms with Crippen molar-refractivity contribution in [2.24, 2.45) is 7.05 Å². The van der Waals surface area contributed by atoms with Crippen LogP contribution in [0.3, 0.4) is 0 Å². The number of imidazole rings is 2. The Labute approximate surface area is 148 Å². The maximum atomic E-state index is 12.9. The van der Waals surface area contributed by atoms with Gasteiger partial charge < -0.3 is 5.11 Å². The summed E-state index contributed by atoms with van der Waals surface area (Å²) in [5.74, 6) is 0.579. The Morgan fingerprint density at radius 1 is 1.15 bits per heavy atom. The molecule has 0 unspecified atom stereocenters. The first-order chi connectivity index (χ1) is 12.5. The summed E-state index contributed by atoms with van der Waals surface area (Å²) in [7, 11) is 1.60. The summed E-state index contributed by atoms with van der Waals surface area (Å²) in [4.78, 5) is 30.0. The number of aromatic nitrogens is 5. The van der Waals surface area contributed by atoms with Gasteiger partial charge in [0.15, 0.2) is 11.2 Å². The highest BCUT2D eigenvalue weighted by Gasteiger charge is 2.20. The van der Waals surface area contributed by atoms with Crippen molar-refractivity contribution in [2.45, 2.75) is 19.9 Å². The Morgan fingerprint density at radius 3 is 2.58 bits per heavy atom. The minimum atomic E-state index is -0.431. The third-order valence-electron chi connectivity index (χ3n) is 4.58. The molecule has 0 aliphatic rings. The molecular weight excluding hydrogens is 334 g/mol. The maximum absolute atomic E-state index is 12.9. The molecule has 1 aromatic carbocycles. The third-order valence-corrected chi connectivity index (χ3v) is 4.58. The second kappa shape index (κ2) is 5.99. The van der Waals surface area contributed by atoms with Crippen LogP contribution >= 0.6 is 0 Å². The molecule has 26 heavy (non-hydrogen) atoms. The molecule has 0 saturated carbocycles. The lowest BCUT2D eigenvalue weighted by molar-refractivity contribution is 0.277. The monoisotopic (exact) mass is 353 g/mol. The molecular formula is C18H19N5O3. The number of aryl methyl sites for hydroxylation is 2. The smallest absolute Gasteiger partial charge is 0.332 e. The molecule has 134 valence electrons. The van der Waals surface area contributed by atoms with E-state index in [4.69, 9.17) is 5.11 Å². The second-order valence-electron chi connectivity index (χ2n) is 6.27. The van der Waals surface area contributed by atoms with Gasteiger partial charge in [-0.15, -0.1) is 0 Å². The molecule has 4 rings (SSSR count). The Kier molecular flexibility index (Phi) is 3.77. The summed E-state index contributed by atoms with van der Waals surface area (Å²) >= 11 is 0. The molecule has 0 spiro atoms. The Hall–Kier alpha value is -3.13. The van der Waals surface area contributed by atoms with Crippen LogP contribution in [0.1, 0.15) is 12.1 Å². The van der Waals surface area contributed by atoms with Crippen LogP contribution in [0, 0.1) is 6.92 Å². The van der Waals surface area contributed by atoms with Gasteiger partial charge >= 0.3 is 5.69 Å². The lowest BCUT2D eigenvalue weighted by atomic mass is 10.3. The van der Waals surface area contributed by atoms with Gasteiger partial charge in [-0.3, -0.25) is 22.9 Å². The highest BCUT2D eigenvalue weighted by atomic mass is 16.3. The number of aliphatic hydroxyl groups is 1. The van der Waals surface area contributed by atoms with Crippen LogP contribution in [0.25, 0.3) is 22.6 Å². The number of hydrogen-bond donors (Lipinski definition) is 1. The van der Waals surface area contributed by atoms with Gasteiger partial charge in [-0.2, -0.15) is 4.98 Å². The van der Waals surface area contributed by atoms with Crippen LogP contribution in [0.5, 0.6) is 0 Å². The van der Waals surface area contributed by atoms with E-state index in [-0.39, 0.29) is 13.2 Å². The lowest BCUT2D eigenvalue weighted by Crippen LogP contribution is -2.39. The van der Waals surface area contributed by atoms with Crippen molar-refractivity contribution in [3.05, 3.63) is 63.1 Å². The van der Waals surface area contributed by atoms with Gasteiger partial charge in [0.05, 0.1) is 0 Å². The van der Waals surface area contributed by atoms with Crippen LogP contribution in [-0.2, 0) is 13.6 Å². The zero-order valence-corrected chi connectivity index (χ0v) is 14.6. The fourth-order valence-electron chi connectivity index (χ4n) is 3.33. The van der Waals surface area contributed by atoms with E-state index in [0.29, 0.717) is 23.4 Å². The van der Waals surface area contributed by atoms with E-state index < -0.39 is 11.2 Å². The highest BCUT2D eigenvalue weighted by molar-refractivity contribution is 5.76. The Bertz CT molecular complexity index is 1230. The standard InChI is InChI=1S/C18H19N5O3/c1-12-11-22-14-15(19-17(22)23(12)13-7-4-3-5-8-13)20(2)18(26)21(16(14)25)9-6-10-24/h3-5,7-8,11,24H,6,9-10H2,1-2H3. The summed E-state index contributed by atoms with van der Waals surface area (Å²) in [6.07, 6.45) is 2.19. The average Bonchev–Trinajstić information content (AvgIpc) is 3.15. The first kappa shape index (κ1) is 16.3. The van der Waals surface area contributed by atoms with Crippen molar-refractivity contribution >= 4 is 16.9 Å². The number of rotatable bonds is 4. The van der Waals surface area contributed by atoms with E-state index >= 15 is 0 Å². The van der Waals surface area contributed by atoms with Crippen molar-refractivity contribution in [2.75, 3.05) is 6.61 Å². The molecule has 0 saturated heterocycles. The van der Waals surface area contributed by atoms with Crippen LogP contribution in [0.4, 0.5) is 0 Å². The topological polar surface area (TPSA) is 86.5 Å². The third kappa shape index (κ3) is 2.22. The molecule has 0 atom stereocenters. The summed E-state index contributed by atoms with van der Waals surface area (Å²) in [6, 6.07) is 9.73. The van der Waals surface area contributed by atoms with Gasteiger partial charge in [0, 0.05) is 37.8 Å². The maximum Gasteiger partial charge on any atom is 0.332 e. The van der Waals surface area contributed by atoms with Crippen LogP contribution < -0.4 is 11.2 Å². The fraction of sp³-hybridized carbons (Fsp3) is 0.278. The van der Waals surface area contributed by atoms with E-state index in [1.165, 1.54) is 4.57 Å². The summed E-state index contributed by atoms with van der Waals surface area (Å²) in [6.45, 7) is 2.03. The zero-order chi connectivity index (χ0) is 18.4. The molecule has 0 aliphatic carbocycles. The Balaban J connectivity index is 2.10. The van der Waals surface area contributed by atoms with Gasteiger partial charge in [0.1, 0.15) is 0 Å². The van der Waals surface area contributed by atoms with Crippen molar-refractivity contribution in [3.8, 4) is 5.69 Å². The normalized spacial score (nSPS) is 11.7. The van der Waals surface area contributed by atoms with Gasteiger partial charge in [0.25, 0.3) is 5.56 Å². The molecule has 3 aromatic heterocycles. The quantitative estimate of drug-likeness (QED) is 0.589. The van der Waals surface area contributed by atoms with Crippen LogP contribution in [-0.4, -0.2) is 34.8 Å². The molecule has 8 heteroatoms. The summed E-state index contributed by atoms with van der Waals surface area (Å²) in [5, 5.41) is 9.04. The molecule has 0 bridgehead atoms. The molecule has 0 fully saturated rings. The average molecular weight is 353 g/mol. The van der Waals surface area contributed by atoms with E-state index in [9.17, 15) is 9.59 Å². The molecule has 0 amide bonds. The summed E-state index contributed by atoms with van der Waals surface area (Å²) in [5.41, 5.74) is 1.74. The van der Waals surface area contributed by atoms with E-state index in [2.05, 4.69) is 4.98 Å². The first-order valence-electron chi connectivity index (χ1n) is 8.41. The van der Waals surface area contributed by atoms with Crippen molar-refractivity contribution in [1.29, 1.82) is 0 Å². The highest BCUT2D eigenvalue weighted by Crippen LogP contribution is 2.20. The fourth-order valence-corrected chi connectivity index (χ4v) is 3.33. The van der Waals surface area contributed by atoms with E-state index in [0.717, 1.165) is 15.9 Å². The predicted molar refractivity (Wildman–Crippen MR) is 98.0 cm³/mol. The van der Waals surface area contributed by atoms with Gasteiger partial charge in [-0.1, -0.05) is 18.2 Å². The number of para-hydroxylation sites is 1. The first-order valence-corrected chi connectivity index (χ1v) is 8.41. The summed E-state index contributed by atoms with van der Waals surface area (Å²) < 4.78 is 6.21. The number of aliphatic hydroxyl groups excluding tert-OH is 1. The molecule has 8 nitrogen and oxygen atoms in total. The number of fused-ring (bicyclic) bond motifs is 3. The van der Waals surface area contributed by atoms with Gasteiger partial charge in [-0.05, 0) is 25.5 Å². The van der Waals surface area contributed by atoms with Crippen molar-refractivity contribution < 1.29 is 5.11 Å². The lowest BCUT2D eigenvalue weighted by Gasteiger charge is -2.07. The van der Waals surface area contributed by atoms with Crippen molar-refractivity contribution in [1.82, 2.24) is 23.1 Å². The molecule has 4 aromatic rings. The van der Waals surface area contributed by atoms with Crippen molar-refractivity contribution in [3.63, 3.8) is 0 Å². The molecule has 0 aliphatic heterocycles. The molecule has 1 N–H and O–H groups in total. The zero-order valence-electron chi connectivity index (χ0n) is 14.6. The van der Waals surface area contributed by atoms with Gasteiger partial charge in [-0.25, -0.2) is 4.79 Å². The molecule has 0 radical (unpaired) electrons. The van der Waals surface area contributed by atoms with E-state index in [1.807, 2.05) is 48.0 Å². The number of nitrogens with zero attached hydrogens (tertiary/aromatic N) is 5. The minimum absolute atomic E-state index is 0.0844. The predicted octanol–water partition coefficient (Wildman–Crippen LogP) is 0.829. The SMILES string of the molecule is Cc1cn2c3c(=O)n(CCCO)c(=O)n(C)c3nc2n1-c1ccccc1. The largest absolute Gasteiger partial charge is 0.396 e.